The van der Waals surface area contributed by atoms with Gasteiger partial charge in [0.2, 0.25) is 0 Å². The minimum absolute atomic E-state index is 0.802. The minimum Gasteiger partial charge on any atom is -0.381 e. The van der Waals surface area contributed by atoms with Gasteiger partial charge in [0.05, 0.1) is 5.16 Å². The maximum absolute atomic E-state index is 5.24. The second-order valence-corrected chi connectivity index (χ2v) is 3.00. The van der Waals surface area contributed by atoms with Gasteiger partial charge in [-0.1, -0.05) is 0 Å². The number of hydrogen-bond acceptors (Lipinski definition) is 3. The zero-order valence-electron chi connectivity index (χ0n) is 6.58. The van der Waals surface area contributed by atoms with Gasteiger partial charge >= 0.3 is 0 Å². The van der Waals surface area contributed by atoms with Gasteiger partial charge in [-0.05, 0) is 37.4 Å². The highest BCUT2D eigenvalue weighted by Crippen LogP contribution is 2.17. The molecule has 0 saturated carbocycles. The van der Waals surface area contributed by atoms with E-state index in [0.29, 0.717) is 0 Å². The molecule has 0 unspecified atom stereocenters. The summed E-state index contributed by atoms with van der Waals surface area (Å²) in [5.74, 6) is 0.802. The molecule has 0 aromatic carbocycles. The van der Waals surface area contributed by atoms with Gasteiger partial charge in [0.15, 0.2) is 0 Å². The average Bonchev–Trinajstić information content (AvgIpc) is 2.07. The fourth-order valence-corrected chi connectivity index (χ4v) is 1.42. The average molecular weight is 171 g/mol. The van der Waals surface area contributed by atoms with Crippen molar-refractivity contribution in [2.24, 2.45) is 10.9 Å². The lowest BCUT2D eigenvalue weighted by atomic mass is 9.97. The molecule has 3 heteroatoms. The largest absolute Gasteiger partial charge is 0.381 e. The van der Waals surface area contributed by atoms with E-state index in [9.17, 15) is 0 Å². The number of ether oxygens (including phenoxy) is 1. The third-order valence-corrected chi connectivity index (χ3v) is 2.18. The first-order valence-electron chi connectivity index (χ1n) is 4.05. The molecule has 2 nitrogen and oxygen atoms in total. The maximum Gasteiger partial charge on any atom is 0.0584 e. The monoisotopic (exact) mass is 171 g/mol. The third-order valence-electron chi connectivity index (χ3n) is 2.05. The second-order valence-electron chi connectivity index (χ2n) is 2.82. The quantitative estimate of drug-likeness (QED) is 0.478. The molecule has 1 rings (SSSR count). The molecule has 0 aliphatic carbocycles. The maximum atomic E-state index is 5.24. The van der Waals surface area contributed by atoms with Crippen molar-refractivity contribution in [2.75, 3.05) is 19.8 Å². The van der Waals surface area contributed by atoms with Gasteiger partial charge in [-0.2, -0.15) is 0 Å². The van der Waals surface area contributed by atoms with Crippen LogP contribution in [-0.4, -0.2) is 24.9 Å². The standard InChI is InChI=1S/C8H13NOS/c11-7-9-4-1-8-2-5-10-6-3-8/h8H,1-6H2. The number of aliphatic imine (C=N–C) groups is 1. The van der Waals surface area contributed by atoms with Gasteiger partial charge < -0.3 is 4.74 Å². The highest BCUT2D eigenvalue weighted by atomic mass is 32.1. The van der Waals surface area contributed by atoms with Crippen molar-refractivity contribution in [1.29, 1.82) is 0 Å². The molecule has 0 N–H and O–H groups in total. The van der Waals surface area contributed by atoms with Crippen LogP contribution in [0.2, 0.25) is 0 Å². The van der Waals surface area contributed by atoms with Crippen LogP contribution in [0, 0.1) is 5.92 Å². The second kappa shape index (κ2) is 5.42. The van der Waals surface area contributed by atoms with E-state index in [1.807, 2.05) is 0 Å². The van der Waals surface area contributed by atoms with Crippen LogP contribution in [0.1, 0.15) is 19.3 Å². The van der Waals surface area contributed by atoms with Crippen LogP contribution in [0.15, 0.2) is 4.99 Å². The summed E-state index contributed by atoms with van der Waals surface area (Å²) < 4.78 is 5.24. The zero-order valence-corrected chi connectivity index (χ0v) is 7.40. The Bertz CT molecular complexity index is 148. The third kappa shape index (κ3) is 3.61. The van der Waals surface area contributed by atoms with Crippen LogP contribution < -0.4 is 0 Å². The highest BCUT2D eigenvalue weighted by molar-refractivity contribution is 7.78. The van der Waals surface area contributed by atoms with Gasteiger partial charge in [-0.3, -0.25) is 0 Å². The van der Waals surface area contributed by atoms with E-state index in [1.54, 1.807) is 0 Å². The summed E-state index contributed by atoms with van der Waals surface area (Å²) in [5, 5.41) is 2.38. The van der Waals surface area contributed by atoms with Crippen molar-refractivity contribution in [3.63, 3.8) is 0 Å². The molecular weight excluding hydrogens is 158 g/mol. The van der Waals surface area contributed by atoms with Gasteiger partial charge in [0.25, 0.3) is 0 Å². The molecule has 0 radical (unpaired) electrons. The molecule has 1 fully saturated rings. The van der Waals surface area contributed by atoms with E-state index >= 15 is 0 Å². The van der Waals surface area contributed by atoms with Crippen molar-refractivity contribution in [2.45, 2.75) is 19.3 Å². The number of thiocarbonyl (C=S) groups is 1. The molecule has 0 bridgehead atoms. The number of isothiocyanates is 1. The molecule has 0 aromatic heterocycles. The normalized spacial score (nSPS) is 19.3. The summed E-state index contributed by atoms with van der Waals surface area (Å²) in [6.45, 7) is 2.69. The molecule has 11 heavy (non-hydrogen) atoms. The van der Waals surface area contributed by atoms with Crippen LogP contribution >= 0.6 is 12.2 Å². The van der Waals surface area contributed by atoms with Gasteiger partial charge in [-0.25, -0.2) is 4.99 Å². The first-order chi connectivity index (χ1) is 5.43. The van der Waals surface area contributed by atoms with Crippen molar-refractivity contribution in [3.05, 3.63) is 0 Å². The lowest BCUT2D eigenvalue weighted by molar-refractivity contribution is 0.0647. The fourth-order valence-electron chi connectivity index (χ4n) is 1.33. The Labute approximate surface area is 72.7 Å². The van der Waals surface area contributed by atoms with E-state index < -0.39 is 0 Å². The minimum atomic E-state index is 0.802. The highest BCUT2D eigenvalue weighted by Gasteiger charge is 2.12. The Hall–Kier alpha value is -0.240. The van der Waals surface area contributed by atoms with Gasteiger partial charge in [0, 0.05) is 19.8 Å². The molecule has 1 saturated heterocycles. The Balaban J connectivity index is 2.09. The first-order valence-corrected chi connectivity index (χ1v) is 4.45. The van der Waals surface area contributed by atoms with Crippen molar-refractivity contribution < 1.29 is 4.74 Å². The van der Waals surface area contributed by atoms with E-state index in [2.05, 4.69) is 22.4 Å². The SMILES string of the molecule is S=C=NCCC1CCOCC1. The van der Waals surface area contributed by atoms with E-state index in [0.717, 1.165) is 32.1 Å². The molecular formula is C8H13NOS. The number of nitrogens with zero attached hydrogens (tertiary/aromatic N) is 1. The van der Waals surface area contributed by atoms with Crippen molar-refractivity contribution >= 4 is 17.4 Å². The molecule has 0 atom stereocenters. The fraction of sp³-hybridized carbons (Fsp3) is 0.875. The Morgan fingerprint density at radius 1 is 1.45 bits per heavy atom. The molecule has 1 heterocycles. The molecule has 62 valence electrons. The predicted octanol–water partition coefficient (Wildman–Crippen LogP) is 1.91. The molecule has 1 aliphatic heterocycles. The predicted molar refractivity (Wildman–Crippen MR) is 48.1 cm³/mol. The smallest absolute Gasteiger partial charge is 0.0584 e. The van der Waals surface area contributed by atoms with Crippen LogP contribution in [0.4, 0.5) is 0 Å². The molecule has 1 aliphatic rings. The molecule has 0 spiro atoms. The van der Waals surface area contributed by atoms with Crippen LogP contribution in [0.3, 0.4) is 0 Å². The Kier molecular flexibility index (Phi) is 4.36. The van der Waals surface area contributed by atoms with Gasteiger partial charge in [-0.15, -0.1) is 0 Å². The van der Waals surface area contributed by atoms with Crippen LogP contribution in [0.25, 0.3) is 0 Å². The topological polar surface area (TPSA) is 21.6 Å². The zero-order chi connectivity index (χ0) is 7.94. The lowest BCUT2D eigenvalue weighted by Gasteiger charge is -2.20. The summed E-state index contributed by atoms with van der Waals surface area (Å²) >= 11 is 4.48. The summed E-state index contributed by atoms with van der Waals surface area (Å²) in [7, 11) is 0. The molecule has 0 amide bonds. The number of hydrogen-bond donors (Lipinski definition) is 0. The summed E-state index contributed by atoms with van der Waals surface area (Å²) in [4.78, 5) is 3.89. The van der Waals surface area contributed by atoms with E-state index in [4.69, 9.17) is 4.74 Å². The molecule has 0 aromatic rings. The van der Waals surface area contributed by atoms with E-state index in [-0.39, 0.29) is 0 Å². The summed E-state index contributed by atoms with van der Waals surface area (Å²) in [5.41, 5.74) is 0. The Morgan fingerprint density at radius 2 is 2.18 bits per heavy atom. The number of rotatable bonds is 3. The lowest BCUT2D eigenvalue weighted by Crippen LogP contribution is -2.16. The van der Waals surface area contributed by atoms with Crippen molar-refractivity contribution in [1.82, 2.24) is 0 Å². The van der Waals surface area contributed by atoms with Gasteiger partial charge in [0.1, 0.15) is 0 Å². The first kappa shape index (κ1) is 8.85. The van der Waals surface area contributed by atoms with Crippen molar-refractivity contribution in [3.8, 4) is 0 Å². The summed E-state index contributed by atoms with van der Waals surface area (Å²) in [6.07, 6.45) is 3.52. The van der Waals surface area contributed by atoms with Crippen LogP contribution in [0.5, 0.6) is 0 Å². The van der Waals surface area contributed by atoms with Crippen LogP contribution in [-0.2, 0) is 4.74 Å². The summed E-state index contributed by atoms with van der Waals surface area (Å²) in [6, 6.07) is 0. The Morgan fingerprint density at radius 3 is 2.82 bits per heavy atom. The van der Waals surface area contributed by atoms with E-state index in [1.165, 1.54) is 12.8 Å².